The second kappa shape index (κ2) is 11.2. The summed E-state index contributed by atoms with van der Waals surface area (Å²) >= 11 is 0. The standard InChI is InChI=1S/C30H31N5O5/c1-33-13-15-35(16-14-33)18-26(37)34(2)22-8-6-21(7-9-22)31-28(19-3-10-23(36)11-4-19)27-24-17-20(30(39)40)5-12-25(24)32-29(27)38/h3-12,17,31,36H,13-16,18H2,1-2H3,(H,32,38)(H,39,40)/b28-27-. The average molecular weight is 542 g/mol. The number of anilines is 3. The Kier molecular flexibility index (Phi) is 7.54. The highest BCUT2D eigenvalue weighted by atomic mass is 16.4. The number of phenolic OH excluding ortho intramolecular Hbond substituents is 1. The summed E-state index contributed by atoms with van der Waals surface area (Å²) in [5, 5.41) is 25.4. The minimum Gasteiger partial charge on any atom is -0.508 e. The van der Waals surface area contributed by atoms with Crippen molar-refractivity contribution in [1.29, 1.82) is 0 Å². The van der Waals surface area contributed by atoms with Gasteiger partial charge in [-0.05, 0) is 79.3 Å². The van der Waals surface area contributed by atoms with Crippen molar-refractivity contribution < 1.29 is 24.6 Å². The number of hydrogen-bond acceptors (Lipinski definition) is 7. The molecule has 2 heterocycles. The maximum Gasteiger partial charge on any atom is 0.335 e. The molecule has 1 saturated heterocycles. The van der Waals surface area contributed by atoms with E-state index in [-0.39, 0.29) is 28.7 Å². The van der Waals surface area contributed by atoms with E-state index in [9.17, 15) is 24.6 Å². The predicted octanol–water partition coefficient (Wildman–Crippen LogP) is 3.23. The van der Waals surface area contributed by atoms with E-state index >= 15 is 0 Å². The zero-order valence-corrected chi connectivity index (χ0v) is 22.3. The van der Waals surface area contributed by atoms with Crippen molar-refractivity contribution in [2.45, 2.75) is 0 Å². The summed E-state index contributed by atoms with van der Waals surface area (Å²) in [6, 6.07) is 18.2. The number of aromatic hydroxyl groups is 1. The first kappa shape index (κ1) is 26.9. The number of carboxylic acid groups (broad SMARTS) is 1. The minimum atomic E-state index is -1.09. The Balaban J connectivity index is 1.43. The fraction of sp³-hybridized carbons (Fsp3) is 0.233. The number of carbonyl (C=O) groups excluding carboxylic acids is 2. The molecule has 2 aliphatic rings. The Morgan fingerprint density at radius 2 is 1.60 bits per heavy atom. The van der Waals surface area contributed by atoms with Crippen LogP contribution in [0.1, 0.15) is 21.5 Å². The highest BCUT2D eigenvalue weighted by molar-refractivity contribution is 6.37. The largest absolute Gasteiger partial charge is 0.508 e. The molecule has 40 heavy (non-hydrogen) atoms. The van der Waals surface area contributed by atoms with E-state index in [0.29, 0.717) is 34.7 Å². The number of carboxylic acids is 1. The van der Waals surface area contributed by atoms with Gasteiger partial charge in [0.25, 0.3) is 5.91 Å². The number of amides is 2. The summed E-state index contributed by atoms with van der Waals surface area (Å²) in [5.41, 5.74) is 3.79. The van der Waals surface area contributed by atoms with Crippen LogP contribution in [0, 0.1) is 0 Å². The molecule has 0 bridgehead atoms. The fourth-order valence-electron chi connectivity index (χ4n) is 4.82. The molecule has 0 aliphatic carbocycles. The van der Waals surface area contributed by atoms with E-state index in [2.05, 4.69) is 27.5 Å². The van der Waals surface area contributed by atoms with Crippen molar-refractivity contribution >= 4 is 46.1 Å². The summed E-state index contributed by atoms with van der Waals surface area (Å²) in [6.45, 7) is 3.96. The first-order valence-corrected chi connectivity index (χ1v) is 13.0. The van der Waals surface area contributed by atoms with Crippen molar-refractivity contribution in [1.82, 2.24) is 9.80 Å². The molecule has 0 aromatic heterocycles. The third-order valence-electron chi connectivity index (χ3n) is 7.27. The number of piperazine rings is 1. The number of phenols is 1. The molecule has 0 spiro atoms. The third kappa shape index (κ3) is 5.68. The number of fused-ring (bicyclic) bond motifs is 1. The van der Waals surface area contributed by atoms with E-state index in [1.54, 1.807) is 30.1 Å². The van der Waals surface area contributed by atoms with Crippen LogP contribution < -0.4 is 15.5 Å². The van der Waals surface area contributed by atoms with Gasteiger partial charge in [-0.25, -0.2) is 4.79 Å². The van der Waals surface area contributed by atoms with Crippen LogP contribution in [0.15, 0.2) is 66.7 Å². The van der Waals surface area contributed by atoms with Crippen molar-refractivity contribution in [3.05, 3.63) is 83.4 Å². The van der Waals surface area contributed by atoms with Gasteiger partial charge in [0.2, 0.25) is 5.91 Å². The van der Waals surface area contributed by atoms with Gasteiger partial charge in [0, 0.05) is 55.9 Å². The fourth-order valence-corrected chi connectivity index (χ4v) is 4.82. The van der Waals surface area contributed by atoms with Crippen LogP contribution in [-0.2, 0) is 9.59 Å². The van der Waals surface area contributed by atoms with Gasteiger partial charge in [-0.15, -0.1) is 0 Å². The molecule has 0 atom stereocenters. The van der Waals surface area contributed by atoms with Crippen molar-refractivity contribution in [3.8, 4) is 5.75 Å². The summed E-state index contributed by atoms with van der Waals surface area (Å²) in [7, 11) is 3.83. The SMILES string of the molecule is CN1CCN(CC(=O)N(C)c2ccc(N/C(=C3\C(=O)Nc4ccc(C(=O)O)cc43)c3ccc(O)cc3)cc2)CC1. The Labute approximate surface area is 232 Å². The van der Waals surface area contributed by atoms with E-state index in [0.717, 1.165) is 31.9 Å². The van der Waals surface area contributed by atoms with Crippen LogP contribution in [0.5, 0.6) is 5.75 Å². The summed E-state index contributed by atoms with van der Waals surface area (Å²) in [5.74, 6) is -1.39. The van der Waals surface area contributed by atoms with Crippen molar-refractivity contribution in [3.63, 3.8) is 0 Å². The molecule has 0 unspecified atom stereocenters. The number of aromatic carboxylic acids is 1. The minimum absolute atomic E-state index is 0.00521. The summed E-state index contributed by atoms with van der Waals surface area (Å²) in [6.07, 6.45) is 0. The Morgan fingerprint density at radius 1 is 0.950 bits per heavy atom. The number of benzene rings is 3. The third-order valence-corrected chi connectivity index (χ3v) is 7.27. The second-order valence-electron chi connectivity index (χ2n) is 10.0. The molecule has 0 radical (unpaired) electrons. The number of hydrogen-bond donors (Lipinski definition) is 4. The van der Waals surface area contributed by atoms with E-state index in [1.807, 2.05) is 24.3 Å². The van der Waals surface area contributed by atoms with Gasteiger partial charge in [-0.2, -0.15) is 0 Å². The number of rotatable bonds is 7. The van der Waals surface area contributed by atoms with Crippen LogP contribution in [0.4, 0.5) is 17.1 Å². The van der Waals surface area contributed by atoms with Crippen molar-refractivity contribution in [2.24, 2.45) is 0 Å². The molecule has 10 heteroatoms. The normalized spacial score (nSPS) is 16.7. The van der Waals surface area contributed by atoms with Gasteiger partial charge in [-0.3, -0.25) is 14.5 Å². The molecule has 3 aromatic carbocycles. The van der Waals surface area contributed by atoms with E-state index < -0.39 is 5.97 Å². The smallest absolute Gasteiger partial charge is 0.335 e. The van der Waals surface area contributed by atoms with Gasteiger partial charge >= 0.3 is 5.97 Å². The number of nitrogens with zero attached hydrogens (tertiary/aromatic N) is 3. The van der Waals surface area contributed by atoms with Gasteiger partial charge in [0.15, 0.2) is 0 Å². The highest BCUT2D eigenvalue weighted by Crippen LogP contribution is 2.38. The molecular weight excluding hydrogens is 510 g/mol. The highest BCUT2D eigenvalue weighted by Gasteiger charge is 2.29. The lowest BCUT2D eigenvalue weighted by atomic mass is 9.98. The zero-order chi connectivity index (χ0) is 28.4. The summed E-state index contributed by atoms with van der Waals surface area (Å²) < 4.78 is 0. The topological polar surface area (TPSA) is 125 Å². The van der Waals surface area contributed by atoms with E-state index in [4.69, 9.17) is 0 Å². The lowest BCUT2D eigenvalue weighted by molar-refractivity contribution is -0.119. The first-order valence-electron chi connectivity index (χ1n) is 13.0. The predicted molar refractivity (Wildman–Crippen MR) is 154 cm³/mol. The quantitative estimate of drug-likeness (QED) is 0.336. The van der Waals surface area contributed by atoms with Crippen LogP contribution in [-0.4, -0.2) is 84.6 Å². The molecule has 2 amide bonds. The monoisotopic (exact) mass is 541 g/mol. The van der Waals surface area contributed by atoms with Gasteiger partial charge in [-0.1, -0.05) is 0 Å². The Hall–Kier alpha value is -4.67. The molecule has 4 N–H and O–H groups in total. The van der Waals surface area contributed by atoms with Crippen molar-refractivity contribution in [2.75, 3.05) is 62.4 Å². The van der Waals surface area contributed by atoms with Crippen LogP contribution in [0.25, 0.3) is 11.3 Å². The molecular formula is C30H31N5O5. The Morgan fingerprint density at radius 3 is 2.25 bits per heavy atom. The lowest BCUT2D eigenvalue weighted by Crippen LogP contribution is -2.48. The maximum absolute atomic E-state index is 13.1. The van der Waals surface area contributed by atoms with E-state index in [1.165, 1.54) is 24.3 Å². The number of likely N-dealkylation sites (N-methyl/N-ethyl adjacent to an activating group) is 2. The van der Waals surface area contributed by atoms with Gasteiger partial charge in [0.05, 0.1) is 23.4 Å². The molecule has 5 rings (SSSR count). The van der Waals surface area contributed by atoms with Crippen LogP contribution >= 0.6 is 0 Å². The number of nitrogens with one attached hydrogen (secondary N) is 2. The van der Waals surface area contributed by atoms with Crippen LogP contribution in [0.3, 0.4) is 0 Å². The molecule has 206 valence electrons. The molecule has 3 aromatic rings. The average Bonchev–Trinajstić information content (AvgIpc) is 3.28. The molecule has 0 saturated carbocycles. The second-order valence-corrected chi connectivity index (χ2v) is 10.0. The van der Waals surface area contributed by atoms with Gasteiger partial charge < -0.3 is 30.6 Å². The summed E-state index contributed by atoms with van der Waals surface area (Å²) in [4.78, 5) is 43.7. The first-order chi connectivity index (χ1) is 19.2. The van der Waals surface area contributed by atoms with Gasteiger partial charge in [0.1, 0.15) is 5.75 Å². The number of carbonyl (C=O) groups is 3. The maximum atomic E-state index is 13.1. The van der Waals surface area contributed by atoms with Crippen LogP contribution in [0.2, 0.25) is 0 Å². The lowest BCUT2D eigenvalue weighted by Gasteiger charge is -2.32. The molecule has 10 nitrogen and oxygen atoms in total. The molecule has 2 aliphatic heterocycles. The zero-order valence-electron chi connectivity index (χ0n) is 22.3. The Bertz CT molecular complexity index is 1480. The molecule has 1 fully saturated rings.